The van der Waals surface area contributed by atoms with E-state index in [-0.39, 0.29) is 5.75 Å². The molecule has 0 bridgehead atoms. The summed E-state index contributed by atoms with van der Waals surface area (Å²) in [6.07, 6.45) is -3.90. The van der Waals surface area contributed by atoms with Gasteiger partial charge in [0.25, 0.3) is 0 Å². The first-order valence-electron chi connectivity index (χ1n) is 12.5. The molecule has 0 atom stereocenters. The fourth-order valence-electron chi connectivity index (χ4n) is 5.02. The molecular weight excluding hydrogens is 507 g/mol. The standard InChI is InChI=1S/C29H27F5O4/c30-28(31,37-25-13-15-26(16-14-25)38-29(32,33)34)24-11-9-21(10-12-24)20-5-7-22(8-6-20)27-35-17-23(18-36-27)19-3-1-2-4-19/h5-16,19,23,27H,1-4,17-18H2. The molecule has 0 aromatic heterocycles. The number of rotatable bonds is 7. The van der Waals surface area contributed by atoms with Crippen LogP contribution < -0.4 is 9.47 Å². The molecule has 3 aromatic carbocycles. The molecule has 1 saturated heterocycles. The minimum absolute atomic E-state index is 0.300. The SMILES string of the molecule is FC(F)(F)Oc1ccc(OC(F)(F)c2ccc(-c3ccc(C4OCC(C5CCCC5)CO4)cc3)cc2)cc1. The van der Waals surface area contributed by atoms with Crippen LogP contribution >= 0.6 is 0 Å². The summed E-state index contributed by atoms with van der Waals surface area (Å²) in [4.78, 5) is 0. The first kappa shape index (κ1) is 26.4. The molecule has 202 valence electrons. The molecule has 1 heterocycles. The molecule has 0 radical (unpaired) electrons. The highest BCUT2D eigenvalue weighted by atomic mass is 19.4. The Morgan fingerprint density at radius 1 is 0.605 bits per heavy atom. The molecule has 0 unspecified atom stereocenters. The van der Waals surface area contributed by atoms with Gasteiger partial charge in [0.1, 0.15) is 11.5 Å². The van der Waals surface area contributed by atoms with Crippen molar-refractivity contribution in [3.05, 3.63) is 83.9 Å². The van der Waals surface area contributed by atoms with Gasteiger partial charge in [0.2, 0.25) is 0 Å². The average Bonchev–Trinajstić information content (AvgIpc) is 3.44. The van der Waals surface area contributed by atoms with Crippen molar-refractivity contribution in [2.24, 2.45) is 11.8 Å². The minimum Gasteiger partial charge on any atom is -0.429 e. The smallest absolute Gasteiger partial charge is 0.429 e. The van der Waals surface area contributed by atoms with E-state index >= 15 is 0 Å². The van der Waals surface area contributed by atoms with E-state index < -0.39 is 30.1 Å². The lowest BCUT2D eigenvalue weighted by Gasteiger charge is -2.32. The maximum absolute atomic E-state index is 14.7. The Bertz CT molecular complexity index is 1180. The molecule has 38 heavy (non-hydrogen) atoms. The summed E-state index contributed by atoms with van der Waals surface area (Å²) in [6, 6.07) is 17.0. The second-order valence-electron chi connectivity index (χ2n) is 9.64. The summed E-state index contributed by atoms with van der Waals surface area (Å²) in [5.41, 5.74) is 2.08. The van der Waals surface area contributed by atoms with Gasteiger partial charge in [-0.2, -0.15) is 8.78 Å². The summed E-state index contributed by atoms with van der Waals surface area (Å²) in [5.74, 6) is 0.318. The van der Waals surface area contributed by atoms with Crippen LogP contribution in [0.1, 0.15) is 43.1 Å². The van der Waals surface area contributed by atoms with Crippen molar-refractivity contribution in [3.63, 3.8) is 0 Å². The molecule has 2 fully saturated rings. The van der Waals surface area contributed by atoms with E-state index in [9.17, 15) is 22.0 Å². The zero-order valence-corrected chi connectivity index (χ0v) is 20.4. The molecule has 9 heteroatoms. The predicted octanol–water partition coefficient (Wildman–Crippen LogP) is 8.23. The second kappa shape index (κ2) is 10.9. The number of halogens is 5. The maximum atomic E-state index is 14.7. The highest BCUT2D eigenvalue weighted by Gasteiger charge is 2.35. The third-order valence-corrected chi connectivity index (χ3v) is 7.03. The molecule has 1 aliphatic carbocycles. The fraction of sp³-hybridized carbons (Fsp3) is 0.379. The van der Waals surface area contributed by atoms with Crippen molar-refractivity contribution in [2.45, 2.75) is 44.4 Å². The van der Waals surface area contributed by atoms with Gasteiger partial charge in [0, 0.05) is 11.5 Å². The third kappa shape index (κ3) is 6.45. The molecule has 1 aliphatic heterocycles. The van der Waals surface area contributed by atoms with E-state index in [1.165, 1.54) is 37.8 Å². The predicted molar refractivity (Wildman–Crippen MR) is 130 cm³/mol. The van der Waals surface area contributed by atoms with Gasteiger partial charge >= 0.3 is 12.5 Å². The Hall–Kier alpha value is -3.17. The van der Waals surface area contributed by atoms with Crippen LogP contribution in [-0.2, 0) is 15.6 Å². The van der Waals surface area contributed by atoms with Crippen LogP contribution in [0.4, 0.5) is 22.0 Å². The van der Waals surface area contributed by atoms with Crippen LogP contribution in [0.5, 0.6) is 11.5 Å². The van der Waals surface area contributed by atoms with Gasteiger partial charge in [0.05, 0.1) is 18.8 Å². The number of benzene rings is 3. The van der Waals surface area contributed by atoms with E-state index in [0.29, 0.717) is 25.0 Å². The van der Waals surface area contributed by atoms with Crippen LogP contribution in [0.2, 0.25) is 0 Å². The molecule has 3 aromatic rings. The van der Waals surface area contributed by atoms with E-state index in [0.717, 1.165) is 41.0 Å². The average molecular weight is 535 g/mol. The second-order valence-corrected chi connectivity index (χ2v) is 9.64. The number of ether oxygens (including phenoxy) is 4. The van der Waals surface area contributed by atoms with Gasteiger partial charge in [-0.1, -0.05) is 62.1 Å². The largest absolute Gasteiger partial charge is 0.573 e. The van der Waals surface area contributed by atoms with Crippen LogP contribution in [0.3, 0.4) is 0 Å². The van der Waals surface area contributed by atoms with Gasteiger partial charge in [-0.25, -0.2) is 0 Å². The summed E-state index contributed by atoms with van der Waals surface area (Å²) >= 11 is 0. The Kier molecular flexibility index (Phi) is 7.59. The first-order valence-corrected chi connectivity index (χ1v) is 12.5. The lowest BCUT2D eigenvalue weighted by atomic mass is 9.91. The lowest BCUT2D eigenvalue weighted by Crippen LogP contribution is -2.31. The van der Waals surface area contributed by atoms with Crippen LogP contribution in [-0.4, -0.2) is 19.6 Å². The Labute approximate surface area is 217 Å². The van der Waals surface area contributed by atoms with E-state index in [2.05, 4.69) is 4.74 Å². The van der Waals surface area contributed by atoms with Gasteiger partial charge in [0.15, 0.2) is 6.29 Å². The highest BCUT2D eigenvalue weighted by molar-refractivity contribution is 5.64. The van der Waals surface area contributed by atoms with E-state index in [1.807, 2.05) is 24.3 Å². The first-order chi connectivity index (χ1) is 18.2. The van der Waals surface area contributed by atoms with Gasteiger partial charge in [-0.15, -0.1) is 13.2 Å². The Morgan fingerprint density at radius 2 is 1.11 bits per heavy atom. The van der Waals surface area contributed by atoms with Crippen molar-refractivity contribution < 1.29 is 40.9 Å². The molecule has 0 amide bonds. The Balaban J connectivity index is 1.18. The van der Waals surface area contributed by atoms with Crippen molar-refractivity contribution >= 4 is 0 Å². The summed E-state index contributed by atoms with van der Waals surface area (Å²) in [6.45, 7) is 1.39. The maximum Gasteiger partial charge on any atom is 0.573 e. The fourth-order valence-corrected chi connectivity index (χ4v) is 5.02. The summed E-state index contributed by atoms with van der Waals surface area (Å²) in [5, 5.41) is 0. The van der Waals surface area contributed by atoms with Crippen molar-refractivity contribution in [2.75, 3.05) is 13.2 Å². The van der Waals surface area contributed by atoms with Gasteiger partial charge in [-0.05, 0) is 53.4 Å². The molecule has 0 N–H and O–H groups in total. The van der Waals surface area contributed by atoms with Crippen LogP contribution in [0.15, 0.2) is 72.8 Å². The zero-order chi connectivity index (χ0) is 26.8. The third-order valence-electron chi connectivity index (χ3n) is 7.03. The molecular formula is C29H27F5O4. The normalized spacial score (nSPS) is 20.9. The zero-order valence-electron chi connectivity index (χ0n) is 20.4. The van der Waals surface area contributed by atoms with Crippen molar-refractivity contribution in [3.8, 4) is 22.6 Å². The number of hydrogen-bond donors (Lipinski definition) is 0. The highest BCUT2D eigenvalue weighted by Crippen LogP contribution is 2.37. The van der Waals surface area contributed by atoms with Crippen molar-refractivity contribution in [1.82, 2.24) is 0 Å². The molecule has 1 saturated carbocycles. The van der Waals surface area contributed by atoms with E-state index in [1.54, 1.807) is 12.1 Å². The quantitative estimate of drug-likeness (QED) is 0.286. The Morgan fingerprint density at radius 3 is 1.63 bits per heavy atom. The van der Waals surface area contributed by atoms with Crippen molar-refractivity contribution in [1.29, 1.82) is 0 Å². The van der Waals surface area contributed by atoms with Crippen LogP contribution in [0.25, 0.3) is 11.1 Å². The monoisotopic (exact) mass is 534 g/mol. The lowest BCUT2D eigenvalue weighted by molar-refractivity contribution is -0.274. The summed E-state index contributed by atoms with van der Waals surface area (Å²) in [7, 11) is 0. The summed E-state index contributed by atoms with van der Waals surface area (Å²) < 4.78 is 86.6. The van der Waals surface area contributed by atoms with Gasteiger partial charge in [-0.3, -0.25) is 0 Å². The molecule has 4 nitrogen and oxygen atoms in total. The van der Waals surface area contributed by atoms with Gasteiger partial charge < -0.3 is 18.9 Å². The number of hydrogen-bond acceptors (Lipinski definition) is 4. The molecule has 5 rings (SSSR count). The number of alkyl halides is 5. The molecule has 2 aliphatic rings. The van der Waals surface area contributed by atoms with E-state index in [4.69, 9.17) is 14.2 Å². The molecule has 0 spiro atoms. The van der Waals surface area contributed by atoms with Crippen LogP contribution in [0, 0.1) is 11.8 Å². The topological polar surface area (TPSA) is 36.9 Å². The minimum atomic E-state index is -4.87.